The molecule has 0 saturated heterocycles. The fraction of sp³-hybridized carbons (Fsp3) is 0.133. The van der Waals surface area contributed by atoms with E-state index in [1.807, 2.05) is 6.07 Å². The third kappa shape index (κ3) is 2.31. The molecule has 0 amide bonds. The van der Waals surface area contributed by atoms with E-state index < -0.39 is 0 Å². The zero-order valence-electron chi connectivity index (χ0n) is 11.5. The Kier molecular flexibility index (Phi) is 3.27. The van der Waals surface area contributed by atoms with Gasteiger partial charge in [-0.3, -0.25) is 14.7 Å². The summed E-state index contributed by atoms with van der Waals surface area (Å²) >= 11 is 0. The highest BCUT2D eigenvalue weighted by Gasteiger charge is 2.09. The predicted octanol–water partition coefficient (Wildman–Crippen LogP) is 1.17. The number of nitrogens with one attached hydrogen (secondary N) is 2. The molecule has 0 spiro atoms. The molecule has 6 nitrogen and oxygen atoms in total. The van der Waals surface area contributed by atoms with Gasteiger partial charge in [0.15, 0.2) is 0 Å². The Labute approximate surface area is 120 Å². The van der Waals surface area contributed by atoms with Crippen LogP contribution >= 0.6 is 0 Å². The van der Waals surface area contributed by atoms with Crippen LogP contribution in [-0.2, 0) is 6.54 Å². The summed E-state index contributed by atoms with van der Waals surface area (Å²) in [7, 11) is 1.76. The summed E-state index contributed by atoms with van der Waals surface area (Å²) in [6.07, 6.45) is 1.67. The first kappa shape index (κ1) is 13.1. The minimum atomic E-state index is -0.278. The summed E-state index contributed by atoms with van der Waals surface area (Å²) in [4.78, 5) is 28.7. The van der Waals surface area contributed by atoms with Crippen LogP contribution in [-0.4, -0.2) is 21.8 Å². The van der Waals surface area contributed by atoms with Gasteiger partial charge in [0.2, 0.25) is 0 Å². The van der Waals surface area contributed by atoms with Crippen LogP contribution in [0.25, 0.3) is 10.8 Å². The molecule has 0 atom stereocenters. The lowest BCUT2D eigenvalue weighted by Gasteiger charge is -2.10. The largest absolute Gasteiger partial charge is 0.373 e. The monoisotopic (exact) mass is 282 g/mol. The fourth-order valence-corrected chi connectivity index (χ4v) is 2.32. The lowest BCUT2D eigenvalue weighted by atomic mass is 10.2. The van der Waals surface area contributed by atoms with Crippen molar-refractivity contribution in [3.8, 4) is 0 Å². The SMILES string of the molecule is CNc1ncccc1Cn1[nH]c(=O)c2ccccc2c1=O. The third-order valence-corrected chi connectivity index (χ3v) is 3.34. The first-order chi connectivity index (χ1) is 10.2. The van der Waals surface area contributed by atoms with Crippen LogP contribution in [0.3, 0.4) is 0 Å². The second-order valence-corrected chi connectivity index (χ2v) is 4.64. The van der Waals surface area contributed by atoms with Gasteiger partial charge in [0.25, 0.3) is 11.1 Å². The molecule has 3 rings (SSSR count). The number of rotatable bonds is 3. The smallest absolute Gasteiger partial charge is 0.273 e. The maximum Gasteiger partial charge on any atom is 0.273 e. The fourth-order valence-electron chi connectivity index (χ4n) is 2.32. The number of H-pyrrole nitrogens is 1. The Morgan fingerprint density at radius 3 is 2.67 bits per heavy atom. The maximum absolute atomic E-state index is 12.4. The highest BCUT2D eigenvalue weighted by molar-refractivity contribution is 5.80. The molecule has 2 heterocycles. The van der Waals surface area contributed by atoms with Gasteiger partial charge in [-0.1, -0.05) is 18.2 Å². The Balaban J connectivity index is 2.16. The van der Waals surface area contributed by atoms with Crippen molar-refractivity contribution in [2.75, 3.05) is 12.4 Å². The number of hydrogen-bond acceptors (Lipinski definition) is 4. The van der Waals surface area contributed by atoms with E-state index in [-0.39, 0.29) is 17.7 Å². The number of fused-ring (bicyclic) bond motifs is 1. The highest BCUT2D eigenvalue weighted by atomic mass is 16.2. The van der Waals surface area contributed by atoms with Crippen LogP contribution < -0.4 is 16.4 Å². The van der Waals surface area contributed by atoms with Gasteiger partial charge in [0.05, 0.1) is 17.3 Å². The molecule has 21 heavy (non-hydrogen) atoms. The van der Waals surface area contributed by atoms with Crippen molar-refractivity contribution in [1.82, 2.24) is 14.8 Å². The zero-order chi connectivity index (χ0) is 14.8. The normalized spacial score (nSPS) is 10.7. The van der Waals surface area contributed by atoms with E-state index in [0.717, 1.165) is 5.56 Å². The van der Waals surface area contributed by atoms with Crippen molar-refractivity contribution in [3.05, 3.63) is 68.9 Å². The van der Waals surface area contributed by atoms with E-state index in [9.17, 15) is 9.59 Å². The molecule has 0 unspecified atom stereocenters. The average molecular weight is 282 g/mol. The molecular formula is C15H14N4O2. The second kappa shape index (κ2) is 5.24. The molecule has 0 saturated carbocycles. The highest BCUT2D eigenvalue weighted by Crippen LogP contribution is 2.11. The second-order valence-electron chi connectivity index (χ2n) is 4.64. The summed E-state index contributed by atoms with van der Waals surface area (Å²) < 4.78 is 1.31. The van der Waals surface area contributed by atoms with Gasteiger partial charge >= 0.3 is 0 Å². The first-order valence-corrected chi connectivity index (χ1v) is 6.54. The van der Waals surface area contributed by atoms with Gasteiger partial charge in [0, 0.05) is 18.8 Å². The van der Waals surface area contributed by atoms with Crippen molar-refractivity contribution in [1.29, 1.82) is 0 Å². The van der Waals surface area contributed by atoms with Gasteiger partial charge in [0.1, 0.15) is 5.82 Å². The van der Waals surface area contributed by atoms with E-state index >= 15 is 0 Å². The summed E-state index contributed by atoms with van der Waals surface area (Å²) in [6.45, 7) is 0.253. The Morgan fingerprint density at radius 2 is 1.90 bits per heavy atom. The third-order valence-electron chi connectivity index (χ3n) is 3.34. The molecule has 1 aromatic carbocycles. The van der Waals surface area contributed by atoms with Crippen molar-refractivity contribution in [3.63, 3.8) is 0 Å². The van der Waals surface area contributed by atoms with Crippen molar-refractivity contribution < 1.29 is 0 Å². The number of anilines is 1. The van der Waals surface area contributed by atoms with Crippen molar-refractivity contribution in [2.24, 2.45) is 0 Å². The molecular weight excluding hydrogens is 268 g/mol. The first-order valence-electron chi connectivity index (χ1n) is 6.54. The van der Waals surface area contributed by atoms with Crippen LogP contribution in [0.1, 0.15) is 5.56 Å². The number of nitrogens with zero attached hydrogens (tertiary/aromatic N) is 2. The maximum atomic E-state index is 12.4. The topological polar surface area (TPSA) is 79.8 Å². The quantitative estimate of drug-likeness (QED) is 0.756. The van der Waals surface area contributed by atoms with Gasteiger partial charge < -0.3 is 5.32 Å². The number of aromatic amines is 1. The van der Waals surface area contributed by atoms with Crippen molar-refractivity contribution in [2.45, 2.75) is 6.54 Å². The van der Waals surface area contributed by atoms with Crippen LogP contribution in [0.4, 0.5) is 5.82 Å². The number of pyridine rings is 1. The molecule has 0 fully saturated rings. The summed E-state index contributed by atoms with van der Waals surface area (Å²) in [5.74, 6) is 0.679. The summed E-state index contributed by atoms with van der Waals surface area (Å²) in [5, 5.41) is 6.39. The molecule has 0 aliphatic heterocycles. The molecule has 0 aliphatic carbocycles. The van der Waals surface area contributed by atoms with E-state index in [0.29, 0.717) is 16.6 Å². The molecule has 6 heteroatoms. The minimum absolute atomic E-state index is 0.226. The molecule has 2 N–H and O–H groups in total. The van der Waals surface area contributed by atoms with E-state index in [4.69, 9.17) is 0 Å². The van der Waals surface area contributed by atoms with Crippen molar-refractivity contribution >= 4 is 16.6 Å². The number of aromatic nitrogens is 3. The van der Waals surface area contributed by atoms with E-state index in [2.05, 4.69) is 15.4 Å². The van der Waals surface area contributed by atoms with Crippen LogP contribution in [0.15, 0.2) is 52.2 Å². The molecule has 3 aromatic rings. The Hall–Kier alpha value is -2.89. The van der Waals surface area contributed by atoms with Gasteiger partial charge in [-0.25, -0.2) is 9.67 Å². The van der Waals surface area contributed by atoms with Crippen LogP contribution in [0.5, 0.6) is 0 Å². The summed E-state index contributed by atoms with van der Waals surface area (Å²) in [6, 6.07) is 10.4. The standard InChI is InChI=1S/C15H14N4O2/c1-16-13-10(5-4-8-17-13)9-19-15(21)12-7-3-2-6-11(12)14(20)18-19/h2-8H,9H2,1H3,(H,16,17)(H,18,20). The van der Waals surface area contributed by atoms with Gasteiger partial charge in [-0.2, -0.15) is 0 Å². The molecule has 0 aliphatic rings. The number of benzene rings is 1. The predicted molar refractivity (Wildman–Crippen MR) is 81.7 cm³/mol. The van der Waals surface area contributed by atoms with Crippen LogP contribution in [0.2, 0.25) is 0 Å². The molecule has 0 radical (unpaired) electrons. The Bertz CT molecular complexity index is 911. The lowest BCUT2D eigenvalue weighted by molar-refractivity contribution is 0.636. The lowest BCUT2D eigenvalue weighted by Crippen LogP contribution is -2.30. The van der Waals surface area contributed by atoms with Crippen LogP contribution in [0, 0.1) is 0 Å². The molecule has 106 valence electrons. The van der Waals surface area contributed by atoms with E-state index in [1.165, 1.54) is 4.68 Å². The summed E-state index contributed by atoms with van der Waals surface area (Å²) in [5.41, 5.74) is 0.323. The zero-order valence-corrected chi connectivity index (χ0v) is 11.5. The average Bonchev–Trinajstić information content (AvgIpc) is 2.53. The number of hydrogen-bond donors (Lipinski definition) is 2. The Morgan fingerprint density at radius 1 is 1.14 bits per heavy atom. The minimum Gasteiger partial charge on any atom is -0.373 e. The molecule has 2 aromatic heterocycles. The molecule has 0 bridgehead atoms. The van der Waals surface area contributed by atoms with E-state index in [1.54, 1.807) is 43.6 Å². The van der Waals surface area contributed by atoms with Gasteiger partial charge in [-0.15, -0.1) is 0 Å². The van der Waals surface area contributed by atoms with Gasteiger partial charge in [-0.05, 0) is 18.2 Å².